The Labute approximate surface area is 104 Å². The number of hydrogen-bond donors (Lipinski definition) is 1. The molecule has 0 aliphatic heterocycles. The Balaban J connectivity index is 2.51. The average Bonchev–Trinajstić information content (AvgIpc) is 2.76. The van der Waals surface area contributed by atoms with Gasteiger partial charge in [-0.1, -0.05) is 6.92 Å². The smallest absolute Gasteiger partial charge is 0.0640 e. The third kappa shape index (κ3) is 4.48. The number of aromatic nitrogens is 2. The lowest BCUT2D eigenvalue weighted by molar-refractivity contribution is 0.0113. The van der Waals surface area contributed by atoms with Gasteiger partial charge in [0.15, 0.2) is 0 Å². The van der Waals surface area contributed by atoms with Gasteiger partial charge >= 0.3 is 0 Å². The van der Waals surface area contributed by atoms with Crippen LogP contribution in [0.4, 0.5) is 0 Å². The van der Waals surface area contributed by atoms with Gasteiger partial charge in [0.25, 0.3) is 0 Å². The maximum atomic E-state index is 5.40. The summed E-state index contributed by atoms with van der Waals surface area (Å²) < 4.78 is 7.39. The van der Waals surface area contributed by atoms with Crippen LogP contribution in [0.1, 0.15) is 45.7 Å². The van der Waals surface area contributed by atoms with E-state index in [0.29, 0.717) is 6.04 Å². The van der Waals surface area contributed by atoms with E-state index in [1.165, 1.54) is 5.56 Å². The zero-order valence-electron chi connectivity index (χ0n) is 11.7. The van der Waals surface area contributed by atoms with E-state index in [0.717, 1.165) is 19.5 Å². The van der Waals surface area contributed by atoms with E-state index in [-0.39, 0.29) is 5.60 Å². The second-order valence-corrected chi connectivity index (χ2v) is 5.03. The summed E-state index contributed by atoms with van der Waals surface area (Å²) in [5, 5.41) is 7.76. The summed E-state index contributed by atoms with van der Waals surface area (Å²) in [7, 11) is 1.75. The van der Waals surface area contributed by atoms with Crippen LogP contribution in [0, 0.1) is 0 Å². The Morgan fingerprint density at radius 1 is 1.53 bits per heavy atom. The van der Waals surface area contributed by atoms with Crippen molar-refractivity contribution in [3.05, 3.63) is 18.0 Å². The molecule has 1 aromatic rings. The van der Waals surface area contributed by atoms with Crippen molar-refractivity contribution in [3.8, 4) is 0 Å². The van der Waals surface area contributed by atoms with Gasteiger partial charge in [-0.3, -0.25) is 4.68 Å². The first kappa shape index (κ1) is 14.2. The summed E-state index contributed by atoms with van der Waals surface area (Å²) in [6.07, 6.45) is 5.01. The Bertz CT molecular complexity index is 333. The van der Waals surface area contributed by atoms with Gasteiger partial charge in [-0.2, -0.15) is 5.10 Å². The van der Waals surface area contributed by atoms with Crippen molar-refractivity contribution in [2.45, 2.75) is 52.3 Å². The van der Waals surface area contributed by atoms with Crippen LogP contribution in [-0.4, -0.2) is 29.0 Å². The molecule has 1 unspecified atom stereocenters. The van der Waals surface area contributed by atoms with Crippen molar-refractivity contribution in [1.29, 1.82) is 0 Å². The van der Waals surface area contributed by atoms with Crippen LogP contribution in [0.3, 0.4) is 0 Å². The fourth-order valence-corrected chi connectivity index (χ4v) is 1.64. The number of rotatable bonds is 7. The first-order chi connectivity index (χ1) is 7.98. The largest absolute Gasteiger partial charge is 0.379 e. The van der Waals surface area contributed by atoms with Gasteiger partial charge in [-0.25, -0.2) is 0 Å². The van der Waals surface area contributed by atoms with Crippen molar-refractivity contribution in [1.82, 2.24) is 15.1 Å². The summed E-state index contributed by atoms with van der Waals surface area (Å²) in [5.41, 5.74) is 1.15. The molecule has 0 saturated heterocycles. The van der Waals surface area contributed by atoms with Crippen molar-refractivity contribution < 1.29 is 4.74 Å². The topological polar surface area (TPSA) is 39.1 Å². The third-order valence-electron chi connectivity index (χ3n) is 3.16. The lowest BCUT2D eigenvalue weighted by Gasteiger charge is -2.22. The van der Waals surface area contributed by atoms with Gasteiger partial charge in [-0.15, -0.1) is 0 Å². The second kappa shape index (κ2) is 6.17. The van der Waals surface area contributed by atoms with Crippen LogP contribution in [0.25, 0.3) is 0 Å². The molecule has 0 amide bonds. The number of ether oxygens (including phenoxy) is 1. The Morgan fingerprint density at radius 2 is 2.24 bits per heavy atom. The molecule has 0 spiro atoms. The number of hydrogen-bond acceptors (Lipinski definition) is 3. The highest BCUT2D eigenvalue weighted by Crippen LogP contribution is 2.15. The molecule has 0 saturated carbocycles. The first-order valence-electron chi connectivity index (χ1n) is 6.29. The number of aryl methyl sites for hydroxylation is 1. The highest BCUT2D eigenvalue weighted by atomic mass is 16.5. The molecule has 98 valence electrons. The zero-order chi connectivity index (χ0) is 12.9. The van der Waals surface area contributed by atoms with Crippen LogP contribution >= 0.6 is 0 Å². The molecular formula is C13H25N3O. The quantitative estimate of drug-likeness (QED) is 0.794. The molecule has 17 heavy (non-hydrogen) atoms. The molecule has 0 aliphatic rings. The van der Waals surface area contributed by atoms with E-state index in [2.05, 4.69) is 44.3 Å². The average molecular weight is 239 g/mol. The van der Waals surface area contributed by atoms with Crippen molar-refractivity contribution in [2.75, 3.05) is 13.7 Å². The van der Waals surface area contributed by atoms with E-state index in [4.69, 9.17) is 4.74 Å². The summed E-state index contributed by atoms with van der Waals surface area (Å²) in [6, 6.07) is 0.365. The SMILES string of the molecule is CCNC(C)c1cnn(CCC(C)(C)OC)c1. The van der Waals surface area contributed by atoms with Crippen molar-refractivity contribution in [3.63, 3.8) is 0 Å². The van der Waals surface area contributed by atoms with Gasteiger partial charge in [0.2, 0.25) is 0 Å². The van der Waals surface area contributed by atoms with Crippen LogP contribution in [0.2, 0.25) is 0 Å². The Hall–Kier alpha value is -0.870. The van der Waals surface area contributed by atoms with Gasteiger partial charge in [0, 0.05) is 31.5 Å². The van der Waals surface area contributed by atoms with Crippen LogP contribution in [0.15, 0.2) is 12.4 Å². The van der Waals surface area contributed by atoms with Crippen LogP contribution in [0.5, 0.6) is 0 Å². The molecule has 4 nitrogen and oxygen atoms in total. The first-order valence-corrected chi connectivity index (χ1v) is 6.29. The molecule has 1 aromatic heterocycles. The van der Waals surface area contributed by atoms with Crippen molar-refractivity contribution >= 4 is 0 Å². The monoisotopic (exact) mass is 239 g/mol. The van der Waals surface area contributed by atoms with E-state index >= 15 is 0 Å². The van der Waals surface area contributed by atoms with Gasteiger partial charge in [0.05, 0.1) is 11.8 Å². The molecule has 1 atom stereocenters. The highest BCUT2D eigenvalue weighted by Gasteiger charge is 2.16. The summed E-state index contributed by atoms with van der Waals surface area (Å²) in [6.45, 7) is 10.3. The molecule has 1 rings (SSSR count). The normalized spacial score (nSPS) is 13.9. The number of nitrogens with one attached hydrogen (secondary N) is 1. The van der Waals surface area contributed by atoms with Gasteiger partial charge in [-0.05, 0) is 33.7 Å². The molecule has 1 N–H and O–H groups in total. The summed E-state index contributed by atoms with van der Waals surface area (Å²) >= 11 is 0. The van der Waals surface area contributed by atoms with E-state index in [1.807, 2.05) is 10.9 Å². The molecule has 4 heteroatoms. The molecular weight excluding hydrogens is 214 g/mol. The van der Waals surface area contributed by atoms with E-state index in [1.54, 1.807) is 7.11 Å². The number of methoxy groups -OCH3 is 1. The lowest BCUT2D eigenvalue weighted by Crippen LogP contribution is -2.24. The van der Waals surface area contributed by atoms with Gasteiger partial charge < -0.3 is 10.1 Å². The zero-order valence-corrected chi connectivity index (χ0v) is 11.7. The third-order valence-corrected chi connectivity index (χ3v) is 3.16. The highest BCUT2D eigenvalue weighted by molar-refractivity contribution is 5.09. The molecule has 1 heterocycles. The predicted octanol–water partition coefficient (Wildman–Crippen LogP) is 2.37. The minimum Gasteiger partial charge on any atom is -0.379 e. The second-order valence-electron chi connectivity index (χ2n) is 5.03. The predicted molar refractivity (Wildman–Crippen MR) is 70.0 cm³/mol. The van der Waals surface area contributed by atoms with E-state index < -0.39 is 0 Å². The minimum absolute atomic E-state index is 0.0839. The molecule has 0 bridgehead atoms. The Kier molecular flexibility index (Phi) is 5.15. The molecule has 0 fully saturated rings. The maximum Gasteiger partial charge on any atom is 0.0640 e. The van der Waals surface area contributed by atoms with Crippen LogP contribution in [-0.2, 0) is 11.3 Å². The standard InChI is InChI=1S/C13H25N3O/c1-6-14-11(2)12-9-15-16(10-12)8-7-13(3,4)17-5/h9-11,14H,6-8H2,1-5H3. The lowest BCUT2D eigenvalue weighted by atomic mass is 10.1. The van der Waals surface area contributed by atoms with E-state index in [9.17, 15) is 0 Å². The minimum atomic E-state index is -0.0839. The van der Waals surface area contributed by atoms with Crippen LogP contribution < -0.4 is 5.32 Å². The molecule has 0 radical (unpaired) electrons. The summed E-state index contributed by atoms with van der Waals surface area (Å²) in [5.74, 6) is 0. The maximum absolute atomic E-state index is 5.40. The Morgan fingerprint density at radius 3 is 2.82 bits per heavy atom. The fourth-order valence-electron chi connectivity index (χ4n) is 1.64. The summed E-state index contributed by atoms with van der Waals surface area (Å²) in [4.78, 5) is 0. The molecule has 0 aliphatic carbocycles. The van der Waals surface area contributed by atoms with Crippen molar-refractivity contribution in [2.24, 2.45) is 0 Å². The number of nitrogens with zero attached hydrogens (tertiary/aromatic N) is 2. The fraction of sp³-hybridized carbons (Fsp3) is 0.769. The van der Waals surface area contributed by atoms with Gasteiger partial charge in [0.1, 0.15) is 0 Å². The molecule has 0 aromatic carbocycles.